The van der Waals surface area contributed by atoms with Crippen LogP contribution in [0.3, 0.4) is 0 Å². The van der Waals surface area contributed by atoms with E-state index in [1.807, 2.05) is 30.3 Å². The fourth-order valence-corrected chi connectivity index (χ4v) is 4.22. The maximum absolute atomic E-state index is 12.7. The summed E-state index contributed by atoms with van der Waals surface area (Å²) >= 11 is 0. The molecule has 0 N–H and O–H groups in total. The van der Waals surface area contributed by atoms with E-state index in [-0.39, 0.29) is 18.2 Å². The molecule has 1 amide bonds. The van der Waals surface area contributed by atoms with E-state index in [1.165, 1.54) is 16.8 Å². The molecule has 0 atom stereocenters. The molecule has 8 nitrogen and oxygen atoms in total. The van der Waals surface area contributed by atoms with Crippen LogP contribution in [0.25, 0.3) is 0 Å². The van der Waals surface area contributed by atoms with E-state index in [9.17, 15) is 13.2 Å². The van der Waals surface area contributed by atoms with Gasteiger partial charge in [0.15, 0.2) is 5.03 Å². The Morgan fingerprint density at radius 3 is 2.62 bits per heavy atom. The molecule has 0 bridgehead atoms. The zero-order valence-corrected chi connectivity index (χ0v) is 15.4. The summed E-state index contributed by atoms with van der Waals surface area (Å²) in [5.41, 5.74) is 0.912. The largest absolute Gasteiger partial charge is 0.445 e. The van der Waals surface area contributed by atoms with Gasteiger partial charge in [0.25, 0.3) is 10.0 Å². The Labute approximate surface area is 153 Å². The van der Waals surface area contributed by atoms with E-state index >= 15 is 0 Å². The molecule has 0 radical (unpaired) electrons. The first kappa shape index (κ1) is 18.4. The molecule has 1 fully saturated rings. The predicted octanol–water partition coefficient (Wildman–Crippen LogP) is 1.45. The fourth-order valence-electron chi connectivity index (χ4n) is 2.78. The third kappa shape index (κ3) is 4.23. The molecule has 1 saturated heterocycles. The summed E-state index contributed by atoms with van der Waals surface area (Å²) in [4.78, 5) is 17.8. The molecule has 9 heteroatoms. The van der Waals surface area contributed by atoms with Crippen molar-refractivity contribution in [1.29, 1.82) is 0 Å². The quantitative estimate of drug-likeness (QED) is 0.804. The van der Waals surface area contributed by atoms with Crippen LogP contribution in [-0.2, 0) is 28.4 Å². The van der Waals surface area contributed by atoms with Crippen LogP contribution in [0.2, 0.25) is 0 Å². The van der Waals surface area contributed by atoms with E-state index in [0.717, 1.165) is 5.56 Å². The van der Waals surface area contributed by atoms with Gasteiger partial charge in [-0.2, -0.15) is 4.31 Å². The van der Waals surface area contributed by atoms with E-state index in [1.54, 1.807) is 16.5 Å². The number of hydrogen-bond acceptors (Lipinski definition) is 5. The Morgan fingerprint density at radius 1 is 1.15 bits per heavy atom. The molecule has 26 heavy (non-hydrogen) atoms. The van der Waals surface area contributed by atoms with Crippen LogP contribution in [0.4, 0.5) is 4.79 Å². The van der Waals surface area contributed by atoms with Crippen LogP contribution < -0.4 is 0 Å². The molecule has 2 heterocycles. The van der Waals surface area contributed by atoms with Gasteiger partial charge in [0.1, 0.15) is 6.61 Å². The molecule has 0 saturated carbocycles. The highest BCUT2D eigenvalue weighted by Gasteiger charge is 2.30. The highest BCUT2D eigenvalue weighted by atomic mass is 32.2. The number of rotatable bonds is 4. The van der Waals surface area contributed by atoms with Crippen LogP contribution in [-0.4, -0.2) is 59.4 Å². The molecule has 1 aliphatic heterocycles. The highest BCUT2D eigenvalue weighted by Crippen LogP contribution is 2.16. The number of carbonyl (C=O) groups is 1. The second-order valence-electron chi connectivity index (χ2n) is 6.16. The lowest BCUT2D eigenvalue weighted by Crippen LogP contribution is -2.37. The van der Waals surface area contributed by atoms with Crippen molar-refractivity contribution in [3.8, 4) is 0 Å². The first-order valence-electron chi connectivity index (χ1n) is 8.40. The molecule has 1 aromatic carbocycles. The minimum Gasteiger partial charge on any atom is -0.445 e. The van der Waals surface area contributed by atoms with Crippen LogP contribution >= 0.6 is 0 Å². The molecular weight excluding hydrogens is 356 g/mol. The number of hydrogen-bond donors (Lipinski definition) is 0. The molecule has 0 unspecified atom stereocenters. The van der Waals surface area contributed by atoms with Gasteiger partial charge in [-0.1, -0.05) is 30.3 Å². The molecule has 1 aliphatic rings. The topological polar surface area (TPSA) is 84.7 Å². The molecule has 0 aliphatic carbocycles. The van der Waals surface area contributed by atoms with Gasteiger partial charge in [0.05, 0.1) is 6.33 Å². The third-order valence-electron chi connectivity index (χ3n) is 4.20. The summed E-state index contributed by atoms with van der Waals surface area (Å²) < 4.78 is 33.6. The number of ether oxygens (including phenoxy) is 1. The second-order valence-corrected chi connectivity index (χ2v) is 8.05. The number of nitrogens with zero attached hydrogens (tertiary/aromatic N) is 4. The molecule has 140 valence electrons. The van der Waals surface area contributed by atoms with Crippen molar-refractivity contribution in [2.45, 2.75) is 18.1 Å². The van der Waals surface area contributed by atoms with E-state index < -0.39 is 16.1 Å². The second kappa shape index (κ2) is 7.88. The highest BCUT2D eigenvalue weighted by molar-refractivity contribution is 7.89. The molecule has 2 aromatic rings. The summed E-state index contributed by atoms with van der Waals surface area (Å²) in [5.74, 6) is 0. The maximum atomic E-state index is 12.7. The first-order valence-corrected chi connectivity index (χ1v) is 9.84. The maximum Gasteiger partial charge on any atom is 0.410 e. The van der Waals surface area contributed by atoms with Gasteiger partial charge in [0.2, 0.25) is 0 Å². The Kier molecular flexibility index (Phi) is 5.58. The van der Waals surface area contributed by atoms with Gasteiger partial charge in [-0.05, 0) is 12.0 Å². The summed E-state index contributed by atoms with van der Waals surface area (Å²) in [6.45, 7) is 1.52. The molecule has 0 spiro atoms. The predicted molar refractivity (Wildman–Crippen MR) is 94.8 cm³/mol. The average Bonchev–Trinajstić information content (AvgIpc) is 2.93. The Morgan fingerprint density at radius 2 is 1.92 bits per heavy atom. The van der Waals surface area contributed by atoms with E-state index in [0.29, 0.717) is 26.1 Å². The first-order chi connectivity index (χ1) is 12.5. The minimum absolute atomic E-state index is 0.0279. The smallest absolute Gasteiger partial charge is 0.410 e. The summed E-state index contributed by atoms with van der Waals surface area (Å²) in [6, 6.07) is 9.44. The fraction of sp³-hybridized carbons (Fsp3) is 0.412. The number of imidazole rings is 1. The number of amides is 1. The normalized spacial score (nSPS) is 16.3. The zero-order chi connectivity index (χ0) is 18.6. The zero-order valence-electron chi connectivity index (χ0n) is 14.6. The minimum atomic E-state index is -3.65. The molecule has 1 aromatic heterocycles. The number of aromatic nitrogens is 2. The summed E-state index contributed by atoms with van der Waals surface area (Å²) in [5, 5.41) is 0.0279. The Balaban J connectivity index is 1.58. The lowest BCUT2D eigenvalue weighted by molar-refractivity contribution is 0.0980. The summed E-state index contributed by atoms with van der Waals surface area (Å²) in [7, 11) is -1.93. The van der Waals surface area contributed by atoms with Crippen LogP contribution in [0.1, 0.15) is 12.0 Å². The lowest BCUT2D eigenvalue weighted by atomic mass is 10.2. The van der Waals surface area contributed by atoms with Crippen LogP contribution in [0.15, 0.2) is 47.9 Å². The van der Waals surface area contributed by atoms with Crippen molar-refractivity contribution in [3.05, 3.63) is 48.4 Å². The lowest BCUT2D eigenvalue weighted by Gasteiger charge is -2.21. The SMILES string of the molecule is Cn1cnc(S(=O)(=O)N2CCCN(C(=O)OCc3ccccc3)CC2)c1. The van der Waals surface area contributed by atoms with Gasteiger partial charge in [-0.25, -0.2) is 18.2 Å². The summed E-state index contributed by atoms with van der Waals surface area (Å²) in [6.07, 6.45) is 3.06. The number of carbonyl (C=O) groups excluding carboxylic acids is 1. The molecular formula is C17H22N4O4S. The van der Waals surface area contributed by atoms with Crippen molar-refractivity contribution in [3.63, 3.8) is 0 Å². The Hall–Kier alpha value is -2.39. The molecule has 3 rings (SSSR count). The standard InChI is InChI=1S/C17H22N4O4S/c1-19-12-16(18-14-19)26(23,24)21-9-5-8-20(10-11-21)17(22)25-13-15-6-3-2-4-7-15/h2-4,6-7,12,14H,5,8-11,13H2,1H3. The van der Waals surface area contributed by atoms with Crippen molar-refractivity contribution in [1.82, 2.24) is 18.8 Å². The van der Waals surface area contributed by atoms with Gasteiger partial charge in [0, 0.05) is 39.4 Å². The number of sulfonamides is 1. The van der Waals surface area contributed by atoms with Crippen molar-refractivity contribution in [2.24, 2.45) is 7.05 Å². The van der Waals surface area contributed by atoms with E-state index in [4.69, 9.17) is 4.74 Å². The monoisotopic (exact) mass is 378 g/mol. The van der Waals surface area contributed by atoms with Crippen LogP contribution in [0, 0.1) is 0 Å². The average molecular weight is 378 g/mol. The van der Waals surface area contributed by atoms with Crippen molar-refractivity contribution in [2.75, 3.05) is 26.2 Å². The van der Waals surface area contributed by atoms with Crippen molar-refractivity contribution < 1.29 is 17.9 Å². The van der Waals surface area contributed by atoms with Crippen molar-refractivity contribution >= 4 is 16.1 Å². The van der Waals surface area contributed by atoms with Crippen LogP contribution in [0.5, 0.6) is 0 Å². The van der Waals surface area contributed by atoms with E-state index in [2.05, 4.69) is 4.98 Å². The number of aryl methyl sites for hydroxylation is 1. The van der Waals surface area contributed by atoms with Gasteiger partial charge < -0.3 is 14.2 Å². The van der Waals surface area contributed by atoms with Gasteiger partial charge >= 0.3 is 6.09 Å². The van der Waals surface area contributed by atoms with Gasteiger partial charge in [-0.15, -0.1) is 0 Å². The van der Waals surface area contributed by atoms with Gasteiger partial charge in [-0.3, -0.25) is 0 Å². The third-order valence-corrected chi connectivity index (χ3v) is 5.99. The number of benzene rings is 1. The Bertz CT molecular complexity index is 851.